The van der Waals surface area contributed by atoms with E-state index in [4.69, 9.17) is 11.6 Å². The van der Waals surface area contributed by atoms with Crippen LogP contribution in [0.25, 0.3) is 0 Å². The predicted molar refractivity (Wildman–Crippen MR) is 95.2 cm³/mol. The van der Waals surface area contributed by atoms with Crippen molar-refractivity contribution in [2.75, 3.05) is 5.32 Å². The van der Waals surface area contributed by atoms with Crippen LogP contribution >= 0.6 is 11.6 Å². The van der Waals surface area contributed by atoms with Crippen molar-refractivity contribution in [2.24, 2.45) is 0 Å². The van der Waals surface area contributed by atoms with Crippen molar-refractivity contribution in [3.05, 3.63) is 63.2 Å². The van der Waals surface area contributed by atoms with Gasteiger partial charge in [0.1, 0.15) is 5.69 Å². The average molecular weight is 382 g/mol. The zero-order valence-electron chi connectivity index (χ0n) is 13.1. The summed E-state index contributed by atoms with van der Waals surface area (Å²) in [5, 5.41) is 14.3. The highest BCUT2D eigenvalue weighted by molar-refractivity contribution is 7.89. The maximum Gasteiger partial charge on any atom is 0.293 e. The number of hydrogen-bond donors (Lipinski definition) is 2. The molecule has 2 aromatic rings. The molecule has 9 heteroatoms. The summed E-state index contributed by atoms with van der Waals surface area (Å²) >= 11 is 5.78. The number of sulfonamides is 1. The summed E-state index contributed by atoms with van der Waals surface area (Å²) in [7, 11) is -3.48. The topological polar surface area (TPSA) is 101 Å². The fourth-order valence-corrected chi connectivity index (χ4v) is 3.75. The molecule has 0 radical (unpaired) electrons. The molecule has 0 spiro atoms. The van der Waals surface area contributed by atoms with Crippen molar-refractivity contribution in [2.45, 2.75) is 30.3 Å². The van der Waals surface area contributed by atoms with E-state index in [1.54, 1.807) is 24.3 Å². The fraction of sp³-hybridized carbons (Fsp3) is 0.250. The summed E-state index contributed by atoms with van der Waals surface area (Å²) < 4.78 is 26.8. The van der Waals surface area contributed by atoms with Crippen LogP contribution in [-0.2, 0) is 16.6 Å². The Kier molecular flexibility index (Phi) is 4.94. The Balaban J connectivity index is 1.69. The van der Waals surface area contributed by atoms with E-state index in [-0.39, 0.29) is 21.6 Å². The zero-order valence-corrected chi connectivity index (χ0v) is 14.7. The molecule has 0 unspecified atom stereocenters. The molecule has 3 rings (SSSR count). The second-order valence-electron chi connectivity index (χ2n) is 5.81. The van der Waals surface area contributed by atoms with Crippen LogP contribution in [0.1, 0.15) is 18.4 Å². The van der Waals surface area contributed by atoms with E-state index >= 15 is 0 Å². The number of nitro groups is 1. The lowest BCUT2D eigenvalue weighted by Crippen LogP contribution is -2.25. The number of rotatable bonds is 7. The number of nitrogens with one attached hydrogen (secondary N) is 2. The molecule has 0 aromatic heterocycles. The van der Waals surface area contributed by atoms with Gasteiger partial charge in [0.25, 0.3) is 5.69 Å². The van der Waals surface area contributed by atoms with Crippen molar-refractivity contribution in [1.82, 2.24) is 4.72 Å². The molecule has 132 valence electrons. The Morgan fingerprint density at radius 1 is 1.16 bits per heavy atom. The molecule has 0 bridgehead atoms. The minimum absolute atomic E-state index is 0.0526. The van der Waals surface area contributed by atoms with Crippen LogP contribution in [0, 0.1) is 10.1 Å². The van der Waals surface area contributed by atoms with Gasteiger partial charge in [0.15, 0.2) is 0 Å². The fourth-order valence-electron chi connectivity index (χ4n) is 2.28. The summed E-state index contributed by atoms with van der Waals surface area (Å²) in [5.41, 5.74) is 1.04. The summed E-state index contributed by atoms with van der Waals surface area (Å²) in [5.74, 6) is 0. The molecule has 0 atom stereocenters. The van der Waals surface area contributed by atoms with Gasteiger partial charge in [0, 0.05) is 23.7 Å². The van der Waals surface area contributed by atoms with E-state index in [0.29, 0.717) is 12.2 Å². The third-order valence-electron chi connectivity index (χ3n) is 3.77. The first-order valence-corrected chi connectivity index (χ1v) is 9.50. The first-order chi connectivity index (χ1) is 11.8. The Bertz CT molecular complexity index is 896. The number of nitro benzene ring substituents is 1. The molecule has 0 heterocycles. The molecule has 0 aliphatic heterocycles. The molecule has 1 aliphatic carbocycles. The minimum Gasteiger partial charge on any atom is -0.375 e. The van der Waals surface area contributed by atoms with Gasteiger partial charge < -0.3 is 5.32 Å². The Morgan fingerprint density at radius 3 is 2.44 bits per heavy atom. The lowest BCUT2D eigenvalue weighted by molar-refractivity contribution is -0.383. The Labute approximate surface area is 150 Å². The number of hydrogen-bond acceptors (Lipinski definition) is 5. The van der Waals surface area contributed by atoms with Crippen LogP contribution in [0.15, 0.2) is 47.4 Å². The molecule has 2 aromatic carbocycles. The predicted octanol–water partition coefficient (Wildman–Crippen LogP) is 3.30. The van der Waals surface area contributed by atoms with Gasteiger partial charge >= 0.3 is 0 Å². The van der Waals surface area contributed by atoms with E-state index in [1.165, 1.54) is 18.2 Å². The number of nitrogens with zero attached hydrogens (tertiary/aromatic N) is 1. The third kappa shape index (κ3) is 4.47. The van der Waals surface area contributed by atoms with Gasteiger partial charge in [-0.3, -0.25) is 10.1 Å². The van der Waals surface area contributed by atoms with E-state index in [0.717, 1.165) is 18.4 Å². The highest BCUT2D eigenvalue weighted by Gasteiger charge is 2.27. The van der Waals surface area contributed by atoms with E-state index < -0.39 is 14.9 Å². The van der Waals surface area contributed by atoms with Crippen molar-refractivity contribution in [3.8, 4) is 0 Å². The van der Waals surface area contributed by atoms with E-state index in [2.05, 4.69) is 10.0 Å². The number of anilines is 1. The maximum absolute atomic E-state index is 12.1. The first-order valence-electron chi connectivity index (χ1n) is 7.64. The quantitative estimate of drug-likeness (QED) is 0.566. The van der Waals surface area contributed by atoms with Gasteiger partial charge in [-0.25, -0.2) is 13.1 Å². The number of benzene rings is 2. The van der Waals surface area contributed by atoms with Crippen LogP contribution in [0.4, 0.5) is 11.4 Å². The van der Waals surface area contributed by atoms with Crippen LogP contribution in [0.2, 0.25) is 5.02 Å². The zero-order chi connectivity index (χ0) is 18.0. The van der Waals surface area contributed by atoms with Crippen LogP contribution in [0.5, 0.6) is 0 Å². The smallest absolute Gasteiger partial charge is 0.293 e. The lowest BCUT2D eigenvalue weighted by atomic mass is 10.2. The van der Waals surface area contributed by atoms with Gasteiger partial charge in [-0.05, 0) is 42.7 Å². The third-order valence-corrected chi connectivity index (χ3v) is 5.54. The Morgan fingerprint density at radius 2 is 1.84 bits per heavy atom. The number of halogens is 1. The second-order valence-corrected chi connectivity index (χ2v) is 7.96. The van der Waals surface area contributed by atoms with Crippen LogP contribution in [-0.4, -0.2) is 19.4 Å². The summed E-state index contributed by atoms with van der Waals surface area (Å²) in [6.45, 7) is 0.318. The SMILES string of the molecule is O=[N+]([O-])c1cc(Cl)ccc1NCc1ccc(S(=O)(=O)NC2CC2)cc1. The van der Waals surface area contributed by atoms with Crippen LogP contribution in [0.3, 0.4) is 0 Å². The summed E-state index contributed by atoms with van der Waals surface area (Å²) in [6.07, 6.45) is 1.75. The molecule has 0 saturated heterocycles. The highest BCUT2D eigenvalue weighted by atomic mass is 35.5. The molecular weight excluding hydrogens is 366 g/mol. The first kappa shape index (κ1) is 17.7. The van der Waals surface area contributed by atoms with Gasteiger partial charge in [0.2, 0.25) is 10.0 Å². The average Bonchev–Trinajstić information content (AvgIpc) is 3.37. The van der Waals surface area contributed by atoms with Gasteiger partial charge in [-0.1, -0.05) is 23.7 Å². The molecule has 1 aliphatic rings. The molecule has 1 saturated carbocycles. The minimum atomic E-state index is -3.48. The van der Waals surface area contributed by atoms with Gasteiger partial charge in [-0.15, -0.1) is 0 Å². The normalized spacial score (nSPS) is 14.3. The summed E-state index contributed by atoms with van der Waals surface area (Å²) in [6, 6.07) is 10.8. The van der Waals surface area contributed by atoms with E-state index in [1.807, 2.05) is 0 Å². The van der Waals surface area contributed by atoms with Crippen molar-refractivity contribution in [3.63, 3.8) is 0 Å². The molecule has 25 heavy (non-hydrogen) atoms. The molecule has 2 N–H and O–H groups in total. The largest absolute Gasteiger partial charge is 0.375 e. The van der Waals surface area contributed by atoms with E-state index in [9.17, 15) is 18.5 Å². The monoisotopic (exact) mass is 381 g/mol. The second kappa shape index (κ2) is 6.99. The Hall–Kier alpha value is -2.16. The lowest BCUT2D eigenvalue weighted by Gasteiger charge is -2.09. The standard InChI is InChI=1S/C16H16ClN3O4S/c17-12-3-8-15(16(9-12)20(21)22)18-10-11-1-6-14(7-2-11)25(23,24)19-13-4-5-13/h1-3,6-9,13,18-19H,4-5,10H2. The molecular formula is C16H16ClN3O4S. The maximum atomic E-state index is 12.1. The van der Waals surface area contributed by atoms with Crippen molar-refractivity contribution < 1.29 is 13.3 Å². The summed E-state index contributed by atoms with van der Waals surface area (Å²) in [4.78, 5) is 10.8. The van der Waals surface area contributed by atoms with Crippen molar-refractivity contribution in [1.29, 1.82) is 0 Å². The highest BCUT2D eigenvalue weighted by Crippen LogP contribution is 2.28. The van der Waals surface area contributed by atoms with Crippen molar-refractivity contribution >= 4 is 33.0 Å². The molecule has 7 nitrogen and oxygen atoms in total. The molecule has 1 fully saturated rings. The van der Waals surface area contributed by atoms with Crippen LogP contribution < -0.4 is 10.0 Å². The molecule has 0 amide bonds. The van der Waals surface area contributed by atoms with Gasteiger partial charge in [0.05, 0.1) is 9.82 Å². The van der Waals surface area contributed by atoms with Gasteiger partial charge in [-0.2, -0.15) is 0 Å².